The molecule has 21 heavy (non-hydrogen) atoms. The number of rotatable bonds is 4. The van der Waals surface area contributed by atoms with Gasteiger partial charge in [0.2, 0.25) is 0 Å². The molecule has 0 heterocycles. The van der Waals surface area contributed by atoms with Crippen LogP contribution in [0.15, 0.2) is 42.5 Å². The van der Waals surface area contributed by atoms with Gasteiger partial charge in [0.05, 0.1) is 12.7 Å². The molecule has 1 N–H and O–H groups in total. The number of carboxylic acids is 1. The van der Waals surface area contributed by atoms with Crippen LogP contribution in [-0.4, -0.2) is 18.2 Å². The number of aliphatic carboxylic acids is 1. The molecule has 3 nitrogen and oxygen atoms in total. The van der Waals surface area contributed by atoms with Crippen molar-refractivity contribution < 1.29 is 14.6 Å². The third-order valence-electron chi connectivity index (χ3n) is 3.35. The maximum atomic E-state index is 11.7. The number of benzene rings is 2. The van der Waals surface area contributed by atoms with Crippen molar-refractivity contribution in [2.45, 2.75) is 13.8 Å². The van der Waals surface area contributed by atoms with Gasteiger partial charge in [-0.25, -0.2) is 4.79 Å². The van der Waals surface area contributed by atoms with Gasteiger partial charge in [-0.3, -0.25) is 0 Å². The molecule has 0 amide bonds. The second kappa shape index (κ2) is 6.27. The highest BCUT2D eigenvalue weighted by atomic mass is 16.5. The van der Waals surface area contributed by atoms with E-state index in [1.807, 2.05) is 56.3 Å². The van der Waals surface area contributed by atoms with Crippen LogP contribution in [0.4, 0.5) is 0 Å². The molecule has 108 valence electrons. The van der Waals surface area contributed by atoms with Crippen LogP contribution in [0.2, 0.25) is 0 Å². The zero-order valence-corrected chi connectivity index (χ0v) is 12.4. The second-order valence-corrected chi connectivity index (χ2v) is 4.92. The fraction of sp³-hybridized carbons (Fsp3) is 0.167. The zero-order valence-electron chi connectivity index (χ0n) is 12.4. The summed E-state index contributed by atoms with van der Waals surface area (Å²) in [7, 11) is 1.57. The van der Waals surface area contributed by atoms with Crippen LogP contribution in [-0.2, 0) is 4.79 Å². The van der Waals surface area contributed by atoms with Crippen molar-refractivity contribution in [2.24, 2.45) is 0 Å². The lowest BCUT2D eigenvalue weighted by Crippen LogP contribution is -2.02. The third kappa shape index (κ3) is 3.31. The minimum absolute atomic E-state index is 0.265. The molecule has 0 aliphatic heterocycles. The molecule has 0 aromatic heterocycles. The molecule has 0 radical (unpaired) electrons. The summed E-state index contributed by atoms with van der Waals surface area (Å²) in [6.07, 6.45) is 1.66. The Hall–Kier alpha value is -2.55. The van der Waals surface area contributed by atoms with Crippen LogP contribution in [0.1, 0.15) is 22.3 Å². The van der Waals surface area contributed by atoms with E-state index in [1.165, 1.54) is 0 Å². The number of para-hydroxylation sites is 1. The van der Waals surface area contributed by atoms with Gasteiger partial charge in [-0.1, -0.05) is 42.0 Å². The summed E-state index contributed by atoms with van der Waals surface area (Å²) in [6, 6.07) is 13.2. The number of carboxylic acid groups (broad SMARTS) is 1. The summed E-state index contributed by atoms with van der Waals surface area (Å²) in [5.41, 5.74) is 3.71. The first-order valence-corrected chi connectivity index (χ1v) is 6.68. The van der Waals surface area contributed by atoms with Crippen molar-refractivity contribution >= 4 is 17.6 Å². The molecule has 2 aromatic carbocycles. The van der Waals surface area contributed by atoms with E-state index < -0.39 is 5.97 Å². The largest absolute Gasteiger partial charge is 0.496 e. The minimum atomic E-state index is -0.949. The minimum Gasteiger partial charge on any atom is -0.496 e. The lowest BCUT2D eigenvalue weighted by Gasteiger charge is -2.10. The van der Waals surface area contributed by atoms with E-state index in [1.54, 1.807) is 13.2 Å². The average molecular weight is 282 g/mol. The molecule has 0 aliphatic carbocycles. The molecular weight excluding hydrogens is 264 g/mol. The Bertz CT molecular complexity index is 699. The molecule has 0 unspecified atom stereocenters. The van der Waals surface area contributed by atoms with Crippen molar-refractivity contribution in [1.82, 2.24) is 0 Å². The Kier molecular flexibility index (Phi) is 4.43. The Labute approximate surface area is 124 Å². The first-order chi connectivity index (χ1) is 10.0. The summed E-state index contributed by atoms with van der Waals surface area (Å²) in [5, 5.41) is 9.56. The van der Waals surface area contributed by atoms with Gasteiger partial charge < -0.3 is 9.84 Å². The molecule has 3 heteroatoms. The first kappa shape index (κ1) is 14.9. The van der Waals surface area contributed by atoms with Crippen LogP contribution in [0, 0.1) is 13.8 Å². The zero-order chi connectivity index (χ0) is 15.4. The van der Waals surface area contributed by atoms with E-state index in [0.29, 0.717) is 5.75 Å². The van der Waals surface area contributed by atoms with Crippen LogP contribution >= 0.6 is 0 Å². The van der Waals surface area contributed by atoms with E-state index in [2.05, 4.69) is 0 Å². The summed E-state index contributed by atoms with van der Waals surface area (Å²) >= 11 is 0. The van der Waals surface area contributed by atoms with Crippen molar-refractivity contribution in [2.75, 3.05) is 7.11 Å². The summed E-state index contributed by atoms with van der Waals surface area (Å²) in [6.45, 7) is 3.86. The van der Waals surface area contributed by atoms with Crippen molar-refractivity contribution in [1.29, 1.82) is 0 Å². The van der Waals surface area contributed by atoms with Crippen LogP contribution in [0.3, 0.4) is 0 Å². The van der Waals surface area contributed by atoms with E-state index in [9.17, 15) is 9.90 Å². The number of methoxy groups -OCH3 is 1. The average Bonchev–Trinajstić information content (AvgIpc) is 2.47. The highest BCUT2D eigenvalue weighted by Gasteiger charge is 2.14. The Morgan fingerprint density at radius 3 is 2.52 bits per heavy atom. The van der Waals surface area contributed by atoms with Gasteiger partial charge in [-0.05, 0) is 37.1 Å². The highest BCUT2D eigenvalue weighted by Crippen LogP contribution is 2.27. The normalized spacial score (nSPS) is 11.3. The van der Waals surface area contributed by atoms with Crippen LogP contribution in [0.25, 0.3) is 11.6 Å². The number of hydrogen-bond acceptors (Lipinski definition) is 2. The summed E-state index contributed by atoms with van der Waals surface area (Å²) in [5.74, 6) is -0.295. The smallest absolute Gasteiger partial charge is 0.336 e. The molecule has 2 rings (SSSR count). The molecule has 0 aliphatic rings. The molecule has 2 aromatic rings. The lowest BCUT2D eigenvalue weighted by atomic mass is 9.96. The predicted octanol–water partition coefficient (Wildman–Crippen LogP) is 3.94. The fourth-order valence-electron chi connectivity index (χ4n) is 2.22. The van der Waals surface area contributed by atoms with Crippen LogP contribution < -0.4 is 4.74 Å². The van der Waals surface area contributed by atoms with E-state index >= 15 is 0 Å². The molecule has 0 saturated heterocycles. The monoisotopic (exact) mass is 282 g/mol. The highest BCUT2D eigenvalue weighted by molar-refractivity contribution is 6.21. The fourth-order valence-corrected chi connectivity index (χ4v) is 2.22. The maximum absolute atomic E-state index is 11.7. The molecular formula is C18H18O3. The Morgan fingerprint density at radius 1 is 1.14 bits per heavy atom. The number of hydrogen-bond donors (Lipinski definition) is 1. The molecule has 0 fully saturated rings. The van der Waals surface area contributed by atoms with Crippen molar-refractivity contribution in [3.05, 3.63) is 64.7 Å². The SMILES string of the molecule is COc1ccccc1/C=C(\C(=O)O)c1cc(C)ccc1C. The van der Waals surface area contributed by atoms with Gasteiger partial charge in [0.1, 0.15) is 5.75 Å². The maximum Gasteiger partial charge on any atom is 0.336 e. The van der Waals surface area contributed by atoms with Gasteiger partial charge in [-0.2, -0.15) is 0 Å². The molecule has 0 spiro atoms. The van der Waals surface area contributed by atoms with Gasteiger partial charge in [0.25, 0.3) is 0 Å². The first-order valence-electron chi connectivity index (χ1n) is 6.68. The van der Waals surface area contributed by atoms with Crippen LogP contribution in [0.5, 0.6) is 5.75 Å². The molecule has 0 bridgehead atoms. The van der Waals surface area contributed by atoms with Crippen molar-refractivity contribution in [3.8, 4) is 5.75 Å². The van der Waals surface area contributed by atoms with Gasteiger partial charge >= 0.3 is 5.97 Å². The molecule has 0 atom stereocenters. The summed E-state index contributed by atoms with van der Waals surface area (Å²) < 4.78 is 5.28. The number of ether oxygens (including phenoxy) is 1. The predicted molar refractivity (Wildman–Crippen MR) is 84.4 cm³/mol. The Morgan fingerprint density at radius 2 is 1.86 bits per heavy atom. The standard InChI is InChI=1S/C18H18O3/c1-12-8-9-13(2)15(10-12)16(18(19)20)11-14-6-4-5-7-17(14)21-3/h4-11H,1-3H3,(H,19,20)/b16-11-. The van der Waals surface area contributed by atoms with Gasteiger partial charge in [0.15, 0.2) is 0 Å². The molecule has 0 saturated carbocycles. The topological polar surface area (TPSA) is 46.5 Å². The van der Waals surface area contributed by atoms with Gasteiger partial charge in [0, 0.05) is 5.56 Å². The van der Waals surface area contributed by atoms with E-state index in [4.69, 9.17) is 4.74 Å². The van der Waals surface area contributed by atoms with E-state index in [-0.39, 0.29) is 5.57 Å². The quantitative estimate of drug-likeness (QED) is 0.682. The Balaban J connectivity index is 2.61. The number of carbonyl (C=O) groups is 1. The van der Waals surface area contributed by atoms with Gasteiger partial charge in [-0.15, -0.1) is 0 Å². The second-order valence-electron chi connectivity index (χ2n) is 4.92. The summed E-state index contributed by atoms with van der Waals surface area (Å²) in [4.78, 5) is 11.7. The van der Waals surface area contributed by atoms with E-state index in [0.717, 1.165) is 22.3 Å². The lowest BCUT2D eigenvalue weighted by molar-refractivity contribution is -0.130. The number of aryl methyl sites for hydroxylation is 2. The third-order valence-corrected chi connectivity index (χ3v) is 3.35. The van der Waals surface area contributed by atoms with Crippen molar-refractivity contribution in [3.63, 3.8) is 0 Å².